The van der Waals surface area contributed by atoms with Crippen molar-refractivity contribution >= 4 is 17.7 Å². The van der Waals surface area contributed by atoms with Gasteiger partial charge in [-0.1, -0.05) is 38.5 Å². The minimum atomic E-state index is 0.446. The van der Waals surface area contributed by atoms with Gasteiger partial charge in [0.1, 0.15) is 0 Å². The molecule has 0 aliphatic heterocycles. The molecule has 0 aromatic heterocycles. The zero-order valence-electron chi connectivity index (χ0n) is 15.3. The summed E-state index contributed by atoms with van der Waals surface area (Å²) in [6, 6.07) is 1.09. The maximum absolute atomic E-state index is 12.9. The van der Waals surface area contributed by atoms with Crippen LogP contribution in [0.15, 0.2) is 0 Å². The Morgan fingerprint density at radius 1 is 0.870 bits per heavy atom. The molecule has 2 fully saturated rings. The molecule has 0 bridgehead atoms. The average molecular weight is 341 g/mol. The predicted molar refractivity (Wildman–Crippen MR) is 101 cm³/mol. The molecular weight excluding hydrogens is 304 g/mol. The van der Waals surface area contributed by atoms with Crippen LogP contribution in [-0.2, 0) is 4.79 Å². The Morgan fingerprint density at radius 3 is 1.87 bits per heavy atom. The number of carbonyl (C=O) groups excluding carboxylic acids is 1. The van der Waals surface area contributed by atoms with Gasteiger partial charge in [-0.2, -0.15) is 11.8 Å². The van der Waals surface area contributed by atoms with Gasteiger partial charge in [0.05, 0.1) is 0 Å². The van der Waals surface area contributed by atoms with Gasteiger partial charge < -0.3 is 9.80 Å². The number of thioether (sulfide) groups is 1. The minimum Gasteiger partial charge on any atom is -0.337 e. The third-order valence-electron chi connectivity index (χ3n) is 5.37. The number of hydrogen-bond donors (Lipinski definition) is 0. The number of rotatable bonds is 8. The van der Waals surface area contributed by atoms with Crippen molar-refractivity contribution in [1.29, 1.82) is 0 Å². The Morgan fingerprint density at radius 2 is 1.39 bits per heavy atom. The first-order valence-corrected chi connectivity index (χ1v) is 10.9. The lowest BCUT2D eigenvalue weighted by Gasteiger charge is -2.42. The van der Waals surface area contributed by atoms with E-state index in [-0.39, 0.29) is 0 Å². The molecule has 2 aliphatic rings. The molecule has 0 aromatic carbocycles. The third kappa shape index (κ3) is 6.66. The molecule has 0 atom stereocenters. The van der Waals surface area contributed by atoms with E-state index in [0.717, 1.165) is 24.5 Å². The van der Waals surface area contributed by atoms with E-state index in [1.165, 1.54) is 64.2 Å². The zero-order chi connectivity index (χ0) is 16.5. The molecule has 134 valence electrons. The topological polar surface area (TPSA) is 23.6 Å². The highest BCUT2D eigenvalue weighted by Crippen LogP contribution is 2.30. The molecule has 2 rings (SSSR count). The monoisotopic (exact) mass is 340 g/mol. The van der Waals surface area contributed by atoms with Crippen LogP contribution in [0.4, 0.5) is 0 Å². The second-order valence-corrected chi connectivity index (χ2v) is 8.78. The Hall–Kier alpha value is -0.220. The molecule has 1 amide bonds. The number of nitrogens with zero attached hydrogens (tertiary/aromatic N) is 2. The number of hydrogen-bond acceptors (Lipinski definition) is 3. The van der Waals surface area contributed by atoms with Crippen molar-refractivity contribution in [2.75, 3.05) is 32.1 Å². The summed E-state index contributed by atoms with van der Waals surface area (Å²) in [5.74, 6) is 2.57. The van der Waals surface area contributed by atoms with E-state index in [0.29, 0.717) is 18.0 Å². The van der Waals surface area contributed by atoms with Gasteiger partial charge in [-0.05, 0) is 39.8 Å². The van der Waals surface area contributed by atoms with Crippen LogP contribution in [0, 0.1) is 0 Å². The minimum absolute atomic E-state index is 0.446. The second-order valence-electron chi connectivity index (χ2n) is 7.55. The Bertz CT molecular complexity index is 318. The highest BCUT2D eigenvalue weighted by atomic mass is 32.2. The zero-order valence-corrected chi connectivity index (χ0v) is 16.1. The Labute approximate surface area is 147 Å². The van der Waals surface area contributed by atoms with Gasteiger partial charge in [0.15, 0.2) is 0 Å². The van der Waals surface area contributed by atoms with Crippen molar-refractivity contribution in [3.8, 4) is 0 Å². The van der Waals surface area contributed by atoms with Crippen LogP contribution >= 0.6 is 11.8 Å². The summed E-state index contributed by atoms with van der Waals surface area (Å²) in [7, 11) is 4.22. The molecular formula is C19H36N2OS. The maximum Gasteiger partial charge on any atom is 0.223 e. The molecule has 0 unspecified atom stereocenters. The predicted octanol–water partition coefficient (Wildman–Crippen LogP) is 4.17. The van der Waals surface area contributed by atoms with Crippen LogP contribution in [0.25, 0.3) is 0 Å². The van der Waals surface area contributed by atoms with Crippen LogP contribution in [0.1, 0.15) is 70.6 Å². The lowest BCUT2D eigenvalue weighted by molar-refractivity contribution is -0.137. The fraction of sp³-hybridized carbons (Fsp3) is 0.947. The average Bonchev–Trinajstić information content (AvgIpc) is 2.56. The summed E-state index contributed by atoms with van der Waals surface area (Å²) < 4.78 is 0. The lowest BCUT2D eigenvalue weighted by atomic mass is 9.88. The summed E-state index contributed by atoms with van der Waals surface area (Å²) in [6.07, 6.45) is 13.7. The molecule has 2 saturated carbocycles. The molecule has 0 spiro atoms. The largest absolute Gasteiger partial charge is 0.337 e. The third-order valence-corrected chi connectivity index (χ3v) is 6.33. The van der Waals surface area contributed by atoms with E-state index in [1.54, 1.807) is 0 Å². The van der Waals surface area contributed by atoms with Gasteiger partial charge in [-0.15, -0.1) is 0 Å². The smallest absolute Gasteiger partial charge is 0.223 e. The molecule has 0 radical (unpaired) electrons. The van der Waals surface area contributed by atoms with E-state index in [1.807, 2.05) is 11.8 Å². The molecule has 23 heavy (non-hydrogen) atoms. The van der Waals surface area contributed by atoms with Crippen molar-refractivity contribution in [3.05, 3.63) is 0 Å². The van der Waals surface area contributed by atoms with Crippen LogP contribution in [0.2, 0.25) is 0 Å². The highest BCUT2D eigenvalue weighted by Gasteiger charge is 2.31. The maximum atomic E-state index is 12.9. The van der Waals surface area contributed by atoms with Crippen LogP contribution in [-0.4, -0.2) is 59.9 Å². The summed E-state index contributed by atoms with van der Waals surface area (Å²) in [4.78, 5) is 17.5. The normalized spacial score (nSPS) is 20.8. The standard InChI is InChI=1S/C19H36N2OS/c1-20(2)14-16-23-15-13-19(22)21(17-9-5-3-6-10-17)18-11-7-4-8-12-18/h17-18H,3-16H2,1-2H3. The first-order chi connectivity index (χ1) is 11.2. The second kappa shape index (κ2) is 10.6. The lowest BCUT2D eigenvalue weighted by Crippen LogP contribution is -2.48. The van der Waals surface area contributed by atoms with Gasteiger partial charge in [-0.3, -0.25) is 4.79 Å². The molecule has 4 heteroatoms. The van der Waals surface area contributed by atoms with Crippen molar-refractivity contribution < 1.29 is 4.79 Å². The van der Waals surface area contributed by atoms with Gasteiger partial charge in [0.25, 0.3) is 0 Å². The fourth-order valence-corrected chi connectivity index (χ4v) is 5.08. The summed E-state index contributed by atoms with van der Waals surface area (Å²) in [5, 5.41) is 0. The molecule has 3 nitrogen and oxygen atoms in total. The summed E-state index contributed by atoms with van der Waals surface area (Å²) in [6.45, 7) is 1.10. The van der Waals surface area contributed by atoms with E-state index < -0.39 is 0 Å². The van der Waals surface area contributed by atoms with Gasteiger partial charge in [0.2, 0.25) is 5.91 Å². The van der Waals surface area contributed by atoms with Gasteiger partial charge >= 0.3 is 0 Å². The van der Waals surface area contributed by atoms with E-state index >= 15 is 0 Å². The van der Waals surface area contributed by atoms with Crippen LogP contribution in [0.5, 0.6) is 0 Å². The molecule has 0 aromatic rings. The van der Waals surface area contributed by atoms with E-state index in [2.05, 4.69) is 23.9 Å². The Kier molecular flexibility index (Phi) is 8.81. The fourth-order valence-electron chi connectivity index (χ4n) is 4.06. The Balaban J connectivity index is 1.83. The van der Waals surface area contributed by atoms with Crippen LogP contribution in [0.3, 0.4) is 0 Å². The summed E-state index contributed by atoms with van der Waals surface area (Å²) >= 11 is 1.93. The van der Waals surface area contributed by atoms with Crippen LogP contribution < -0.4 is 0 Å². The highest BCUT2D eigenvalue weighted by molar-refractivity contribution is 7.99. The molecule has 0 saturated heterocycles. The SMILES string of the molecule is CN(C)CCSCCC(=O)N(C1CCCCC1)C1CCCCC1. The first-order valence-electron chi connectivity index (χ1n) is 9.72. The van der Waals surface area contributed by atoms with Gasteiger partial charge in [-0.25, -0.2) is 0 Å². The first kappa shape index (κ1) is 19.1. The van der Waals surface area contributed by atoms with E-state index in [4.69, 9.17) is 0 Å². The van der Waals surface area contributed by atoms with Crippen molar-refractivity contribution in [2.24, 2.45) is 0 Å². The summed E-state index contributed by atoms with van der Waals surface area (Å²) in [5.41, 5.74) is 0. The van der Waals surface area contributed by atoms with Crippen molar-refractivity contribution in [2.45, 2.75) is 82.7 Å². The quantitative estimate of drug-likeness (QED) is 0.620. The van der Waals surface area contributed by atoms with Crippen molar-refractivity contribution in [1.82, 2.24) is 9.80 Å². The number of amides is 1. The van der Waals surface area contributed by atoms with Gasteiger partial charge in [0, 0.05) is 36.6 Å². The molecule has 0 heterocycles. The number of carbonyl (C=O) groups is 1. The molecule has 0 N–H and O–H groups in total. The van der Waals surface area contributed by atoms with Crippen molar-refractivity contribution in [3.63, 3.8) is 0 Å². The van der Waals surface area contributed by atoms with E-state index in [9.17, 15) is 4.79 Å². The molecule has 2 aliphatic carbocycles.